The maximum Gasteiger partial charge on any atom is 0.0301 e. The third-order valence-corrected chi connectivity index (χ3v) is 1.31. The molecule has 0 saturated heterocycles. The number of nitrogens with two attached hydrogens (primary N) is 1. The number of hydrogen-bond acceptors (Lipinski definition) is 4. The second-order valence-corrected chi connectivity index (χ2v) is 2.92. The lowest BCUT2D eigenvalue weighted by molar-refractivity contribution is 0.0963. The van der Waals surface area contributed by atoms with E-state index in [1.54, 1.807) is 0 Å². The van der Waals surface area contributed by atoms with Crippen LogP contribution >= 0.6 is 0 Å². The normalized spacial score (nSPS) is 11.5. The second kappa shape index (κ2) is 6.54. The van der Waals surface area contributed by atoms with Gasteiger partial charge >= 0.3 is 0 Å². The molecule has 0 aromatic carbocycles. The van der Waals surface area contributed by atoms with Gasteiger partial charge in [0.1, 0.15) is 0 Å². The first kappa shape index (κ1) is 10.8. The Balaban J connectivity index is 3.41. The van der Waals surface area contributed by atoms with Crippen molar-refractivity contribution in [3.05, 3.63) is 0 Å². The maximum atomic E-state index is 5.28. The smallest absolute Gasteiger partial charge is 0.0301 e. The quantitative estimate of drug-likeness (QED) is 0.388. The largest absolute Gasteiger partial charge is 0.256 e. The standard InChI is InChI=1S/C7H20N4/c1-4-5-6-11(10-8)9-7(2)3/h7,9-10H,4-6,8H2,1-3H3. The topological polar surface area (TPSA) is 53.3 Å². The molecule has 0 amide bonds. The molecule has 0 spiro atoms. The fourth-order valence-corrected chi connectivity index (χ4v) is 0.794. The van der Waals surface area contributed by atoms with Gasteiger partial charge < -0.3 is 0 Å². The first-order valence-electron chi connectivity index (χ1n) is 4.20. The van der Waals surface area contributed by atoms with E-state index in [1.165, 1.54) is 6.42 Å². The van der Waals surface area contributed by atoms with Crippen LogP contribution in [0.2, 0.25) is 0 Å². The maximum absolute atomic E-state index is 5.28. The highest BCUT2D eigenvalue weighted by Gasteiger charge is 2.01. The highest BCUT2D eigenvalue weighted by Crippen LogP contribution is 1.88. The summed E-state index contributed by atoms with van der Waals surface area (Å²) in [6.07, 6.45) is 2.32. The monoisotopic (exact) mass is 160 g/mol. The van der Waals surface area contributed by atoms with Crippen molar-refractivity contribution >= 4 is 0 Å². The molecule has 0 aromatic heterocycles. The molecule has 0 aliphatic carbocycles. The van der Waals surface area contributed by atoms with Gasteiger partial charge in [-0.05, 0) is 20.3 Å². The predicted octanol–water partition coefficient (Wildman–Crippen LogP) is 0.380. The van der Waals surface area contributed by atoms with Gasteiger partial charge in [0.15, 0.2) is 0 Å². The molecule has 0 aliphatic heterocycles. The van der Waals surface area contributed by atoms with Gasteiger partial charge in [-0.1, -0.05) is 13.3 Å². The molecular weight excluding hydrogens is 140 g/mol. The Hall–Kier alpha value is -0.160. The molecule has 0 atom stereocenters. The Bertz CT molecular complexity index is 84.5. The lowest BCUT2D eigenvalue weighted by atomic mass is 10.3. The fourth-order valence-electron chi connectivity index (χ4n) is 0.794. The molecule has 0 fully saturated rings. The SMILES string of the molecule is CCCCN(NN)NC(C)C. The molecule has 0 saturated carbocycles. The number of hydrazine groups is 3. The summed E-state index contributed by atoms with van der Waals surface area (Å²) in [4.78, 5) is 0. The number of unbranched alkanes of at least 4 members (excludes halogenated alkanes) is 1. The van der Waals surface area contributed by atoms with Gasteiger partial charge in [-0.25, -0.2) is 5.43 Å². The van der Waals surface area contributed by atoms with Crippen molar-refractivity contribution in [3.8, 4) is 0 Å². The van der Waals surface area contributed by atoms with E-state index in [4.69, 9.17) is 5.84 Å². The van der Waals surface area contributed by atoms with Crippen LogP contribution in [0.3, 0.4) is 0 Å². The molecule has 0 aromatic rings. The van der Waals surface area contributed by atoms with Crippen molar-refractivity contribution < 1.29 is 0 Å². The number of nitrogens with one attached hydrogen (secondary N) is 2. The van der Waals surface area contributed by atoms with E-state index in [1.807, 2.05) is 5.12 Å². The molecule has 0 rings (SSSR count). The van der Waals surface area contributed by atoms with Crippen molar-refractivity contribution in [1.82, 2.24) is 16.1 Å². The van der Waals surface area contributed by atoms with Crippen molar-refractivity contribution in [2.24, 2.45) is 5.84 Å². The van der Waals surface area contributed by atoms with Crippen LogP contribution in [0.4, 0.5) is 0 Å². The zero-order valence-corrected chi connectivity index (χ0v) is 7.72. The van der Waals surface area contributed by atoms with E-state index in [-0.39, 0.29) is 0 Å². The first-order valence-corrected chi connectivity index (χ1v) is 4.20. The van der Waals surface area contributed by atoms with Gasteiger partial charge in [0, 0.05) is 12.6 Å². The Morgan fingerprint density at radius 1 is 1.45 bits per heavy atom. The summed E-state index contributed by atoms with van der Waals surface area (Å²) in [7, 11) is 0. The highest BCUT2D eigenvalue weighted by molar-refractivity contribution is 4.49. The van der Waals surface area contributed by atoms with Crippen LogP contribution in [0.25, 0.3) is 0 Å². The summed E-state index contributed by atoms with van der Waals surface area (Å²) in [5.74, 6) is 5.28. The number of hydrogen-bond donors (Lipinski definition) is 3. The van der Waals surface area contributed by atoms with E-state index in [0.717, 1.165) is 13.0 Å². The average Bonchev–Trinajstić information content (AvgIpc) is 1.97. The average molecular weight is 160 g/mol. The fraction of sp³-hybridized carbons (Fsp3) is 1.00. The highest BCUT2D eigenvalue weighted by atomic mass is 15.8. The van der Waals surface area contributed by atoms with Crippen LogP contribution in [0.15, 0.2) is 0 Å². The number of rotatable bonds is 6. The van der Waals surface area contributed by atoms with E-state index >= 15 is 0 Å². The molecule has 0 aliphatic rings. The summed E-state index contributed by atoms with van der Waals surface area (Å²) in [5.41, 5.74) is 5.75. The van der Waals surface area contributed by atoms with Gasteiger partial charge in [0.25, 0.3) is 0 Å². The van der Waals surface area contributed by atoms with E-state index < -0.39 is 0 Å². The molecule has 0 radical (unpaired) electrons. The predicted molar refractivity (Wildman–Crippen MR) is 47.2 cm³/mol. The van der Waals surface area contributed by atoms with E-state index in [0.29, 0.717) is 6.04 Å². The molecular formula is C7H20N4. The lowest BCUT2D eigenvalue weighted by Crippen LogP contribution is -2.54. The van der Waals surface area contributed by atoms with Crippen LogP contribution in [-0.2, 0) is 0 Å². The summed E-state index contributed by atoms with van der Waals surface area (Å²) in [6.45, 7) is 7.25. The van der Waals surface area contributed by atoms with Gasteiger partial charge in [0.2, 0.25) is 0 Å². The molecule has 4 N–H and O–H groups in total. The van der Waals surface area contributed by atoms with E-state index in [9.17, 15) is 0 Å². The lowest BCUT2D eigenvalue weighted by Gasteiger charge is -2.23. The van der Waals surface area contributed by atoms with Crippen molar-refractivity contribution in [2.75, 3.05) is 6.54 Å². The van der Waals surface area contributed by atoms with Gasteiger partial charge in [0.05, 0.1) is 0 Å². The summed E-state index contributed by atoms with van der Waals surface area (Å²) in [5, 5.41) is 1.81. The summed E-state index contributed by atoms with van der Waals surface area (Å²) < 4.78 is 0. The minimum atomic E-state index is 0.419. The van der Waals surface area contributed by atoms with Crippen molar-refractivity contribution in [3.63, 3.8) is 0 Å². The van der Waals surface area contributed by atoms with Gasteiger partial charge in [-0.15, -0.1) is 0 Å². The van der Waals surface area contributed by atoms with Crippen molar-refractivity contribution in [1.29, 1.82) is 0 Å². The Morgan fingerprint density at radius 2 is 2.09 bits per heavy atom. The van der Waals surface area contributed by atoms with E-state index in [2.05, 4.69) is 31.7 Å². The minimum absolute atomic E-state index is 0.419. The molecule has 0 unspecified atom stereocenters. The zero-order chi connectivity index (χ0) is 8.69. The minimum Gasteiger partial charge on any atom is -0.256 e. The van der Waals surface area contributed by atoms with Gasteiger partial charge in [-0.3, -0.25) is 5.84 Å². The summed E-state index contributed by atoms with van der Waals surface area (Å²) >= 11 is 0. The molecule has 0 bridgehead atoms. The van der Waals surface area contributed by atoms with Crippen LogP contribution in [0.5, 0.6) is 0 Å². The Morgan fingerprint density at radius 3 is 2.45 bits per heavy atom. The third kappa shape index (κ3) is 6.25. The Kier molecular flexibility index (Phi) is 6.45. The molecule has 68 valence electrons. The Labute approximate surface area is 69.0 Å². The second-order valence-electron chi connectivity index (χ2n) is 2.92. The van der Waals surface area contributed by atoms with Gasteiger partial charge in [-0.2, -0.15) is 10.7 Å². The van der Waals surface area contributed by atoms with Crippen molar-refractivity contribution in [2.45, 2.75) is 39.7 Å². The van der Waals surface area contributed by atoms with Crippen LogP contribution in [-0.4, -0.2) is 17.7 Å². The first-order chi connectivity index (χ1) is 5.20. The number of nitrogens with zero attached hydrogens (tertiary/aromatic N) is 1. The zero-order valence-electron chi connectivity index (χ0n) is 7.72. The van der Waals surface area contributed by atoms with Crippen LogP contribution < -0.4 is 16.8 Å². The third-order valence-electron chi connectivity index (χ3n) is 1.31. The molecule has 4 nitrogen and oxygen atoms in total. The molecule has 11 heavy (non-hydrogen) atoms. The van der Waals surface area contributed by atoms with Crippen LogP contribution in [0.1, 0.15) is 33.6 Å². The van der Waals surface area contributed by atoms with Crippen LogP contribution in [0, 0.1) is 0 Å². The molecule has 4 heteroatoms. The molecule has 0 heterocycles. The summed E-state index contributed by atoms with van der Waals surface area (Å²) in [6, 6.07) is 0.419.